The molecule has 0 radical (unpaired) electrons. The van der Waals surface area contributed by atoms with Crippen molar-refractivity contribution in [2.75, 3.05) is 6.54 Å². The Morgan fingerprint density at radius 2 is 2.08 bits per heavy atom. The molecule has 1 aliphatic rings. The van der Waals surface area contributed by atoms with Crippen LogP contribution in [0.4, 0.5) is 0 Å². The van der Waals surface area contributed by atoms with E-state index in [1.165, 1.54) is 12.0 Å². The van der Waals surface area contributed by atoms with Gasteiger partial charge in [0.15, 0.2) is 5.82 Å². The van der Waals surface area contributed by atoms with Crippen molar-refractivity contribution in [2.45, 2.75) is 64.3 Å². The van der Waals surface area contributed by atoms with Crippen LogP contribution in [-0.4, -0.2) is 32.5 Å². The third kappa shape index (κ3) is 4.44. The zero-order chi connectivity index (χ0) is 17.6. The number of carbonyl (C=O) groups is 1. The van der Waals surface area contributed by atoms with E-state index < -0.39 is 0 Å². The smallest absolute Gasteiger partial charge is 0.227 e. The number of rotatable bonds is 5. The first-order valence-electron chi connectivity index (χ1n) is 9.17. The second kappa shape index (κ2) is 8.23. The lowest BCUT2D eigenvalue weighted by Gasteiger charge is -2.30. The van der Waals surface area contributed by atoms with Gasteiger partial charge in [-0.1, -0.05) is 31.8 Å². The lowest BCUT2D eigenvalue weighted by atomic mass is 10.0. The molecule has 3 heterocycles. The lowest BCUT2D eigenvalue weighted by molar-refractivity contribution is -0.133. The first-order valence-corrected chi connectivity index (χ1v) is 9.17. The number of carbonyl (C=O) groups excluding carboxylic acids is 1. The van der Waals surface area contributed by atoms with Gasteiger partial charge in [-0.15, -0.1) is 0 Å². The van der Waals surface area contributed by atoms with Crippen molar-refractivity contribution in [1.82, 2.24) is 20.0 Å². The molecule has 0 bridgehead atoms. The normalized spacial score (nSPS) is 18.4. The molecule has 1 aliphatic heterocycles. The van der Waals surface area contributed by atoms with Gasteiger partial charge in [0.25, 0.3) is 0 Å². The molecule has 0 aliphatic carbocycles. The molecule has 1 atom stereocenters. The fourth-order valence-corrected chi connectivity index (χ4v) is 3.30. The van der Waals surface area contributed by atoms with Crippen LogP contribution in [-0.2, 0) is 11.2 Å². The van der Waals surface area contributed by atoms with E-state index in [2.05, 4.69) is 15.1 Å². The van der Waals surface area contributed by atoms with Crippen molar-refractivity contribution in [3.8, 4) is 0 Å². The van der Waals surface area contributed by atoms with Gasteiger partial charge < -0.3 is 9.42 Å². The van der Waals surface area contributed by atoms with Crippen LogP contribution in [0.3, 0.4) is 0 Å². The summed E-state index contributed by atoms with van der Waals surface area (Å²) in [6.07, 6.45) is 8.90. The Hall–Kier alpha value is -2.24. The molecule has 25 heavy (non-hydrogen) atoms. The van der Waals surface area contributed by atoms with Gasteiger partial charge in [0.05, 0.1) is 6.04 Å². The van der Waals surface area contributed by atoms with Crippen LogP contribution in [0.2, 0.25) is 0 Å². The summed E-state index contributed by atoms with van der Waals surface area (Å²) in [7, 11) is 0. The Bertz CT molecular complexity index is 684. The monoisotopic (exact) mass is 342 g/mol. The van der Waals surface area contributed by atoms with Crippen LogP contribution in [0.15, 0.2) is 29.0 Å². The number of nitrogens with zero attached hydrogens (tertiary/aromatic N) is 4. The summed E-state index contributed by atoms with van der Waals surface area (Å²) in [6.45, 7) is 4.86. The zero-order valence-electron chi connectivity index (χ0n) is 15.0. The summed E-state index contributed by atoms with van der Waals surface area (Å²) in [5.41, 5.74) is 1.17. The Morgan fingerprint density at radius 3 is 2.80 bits per heavy atom. The summed E-state index contributed by atoms with van der Waals surface area (Å²) in [6, 6.07) is 4.18. The quantitative estimate of drug-likeness (QED) is 0.829. The molecule has 2 aromatic heterocycles. The first kappa shape index (κ1) is 17.6. The topological polar surface area (TPSA) is 72.1 Å². The molecule has 6 nitrogen and oxygen atoms in total. The molecule has 1 amide bonds. The zero-order valence-corrected chi connectivity index (χ0v) is 15.0. The second-order valence-electron chi connectivity index (χ2n) is 6.93. The van der Waals surface area contributed by atoms with Crippen LogP contribution in [0.5, 0.6) is 0 Å². The maximum absolute atomic E-state index is 12.9. The number of hydrogen-bond donors (Lipinski definition) is 0. The molecule has 0 saturated carbocycles. The number of aryl methyl sites for hydroxylation is 1. The average molecular weight is 342 g/mol. The van der Waals surface area contributed by atoms with Crippen LogP contribution in [0.1, 0.15) is 75.2 Å². The Balaban J connectivity index is 1.67. The molecule has 1 fully saturated rings. The summed E-state index contributed by atoms with van der Waals surface area (Å²) >= 11 is 0. The van der Waals surface area contributed by atoms with E-state index in [0.29, 0.717) is 24.6 Å². The molecule has 3 rings (SSSR count). The maximum Gasteiger partial charge on any atom is 0.227 e. The van der Waals surface area contributed by atoms with E-state index >= 15 is 0 Å². The van der Waals surface area contributed by atoms with E-state index in [9.17, 15) is 4.79 Å². The highest BCUT2D eigenvalue weighted by atomic mass is 16.5. The van der Waals surface area contributed by atoms with E-state index in [-0.39, 0.29) is 17.9 Å². The minimum atomic E-state index is 0.145. The van der Waals surface area contributed by atoms with Gasteiger partial charge >= 0.3 is 0 Å². The van der Waals surface area contributed by atoms with Crippen molar-refractivity contribution in [3.63, 3.8) is 0 Å². The highest BCUT2D eigenvalue weighted by molar-refractivity contribution is 5.77. The van der Waals surface area contributed by atoms with Crippen molar-refractivity contribution >= 4 is 5.91 Å². The third-order valence-corrected chi connectivity index (χ3v) is 4.72. The fraction of sp³-hybridized carbons (Fsp3) is 0.579. The number of hydrogen-bond acceptors (Lipinski definition) is 5. The third-order valence-electron chi connectivity index (χ3n) is 4.72. The highest BCUT2D eigenvalue weighted by Gasteiger charge is 2.26. The Labute approximate surface area is 148 Å². The van der Waals surface area contributed by atoms with Crippen molar-refractivity contribution in [3.05, 3.63) is 41.8 Å². The molecule has 2 aromatic rings. The molecular formula is C19H26N4O2. The summed E-state index contributed by atoms with van der Waals surface area (Å²) < 4.78 is 5.26. The Kier molecular flexibility index (Phi) is 5.79. The van der Waals surface area contributed by atoms with Gasteiger partial charge in [0.1, 0.15) is 0 Å². The predicted octanol–water partition coefficient (Wildman–Crippen LogP) is 3.66. The fourth-order valence-electron chi connectivity index (χ4n) is 3.30. The first-order chi connectivity index (χ1) is 12.1. The Morgan fingerprint density at radius 1 is 1.28 bits per heavy atom. The molecular weight excluding hydrogens is 316 g/mol. The van der Waals surface area contributed by atoms with E-state index in [1.807, 2.05) is 30.9 Å². The van der Waals surface area contributed by atoms with Gasteiger partial charge in [0, 0.05) is 37.7 Å². The molecule has 1 saturated heterocycles. The van der Waals surface area contributed by atoms with Crippen LogP contribution < -0.4 is 0 Å². The number of aromatic nitrogens is 3. The molecule has 0 unspecified atom stereocenters. The summed E-state index contributed by atoms with van der Waals surface area (Å²) in [5, 5.41) is 3.97. The van der Waals surface area contributed by atoms with Gasteiger partial charge in [0.2, 0.25) is 11.8 Å². The molecule has 6 heteroatoms. The van der Waals surface area contributed by atoms with Gasteiger partial charge in [-0.2, -0.15) is 4.98 Å². The number of pyridine rings is 1. The maximum atomic E-state index is 12.9. The SMILES string of the molecule is CC(C)c1noc(CCC(=O)N2CCCCC[C@@H]2c2ccncc2)n1. The molecule has 0 aromatic carbocycles. The van der Waals surface area contributed by atoms with Crippen molar-refractivity contribution in [2.24, 2.45) is 0 Å². The van der Waals surface area contributed by atoms with Gasteiger partial charge in [-0.3, -0.25) is 9.78 Å². The van der Waals surface area contributed by atoms with Crippen LogP contribution >= 0.6 is 0 Å². The second-order valence-corrected chi connectivity index (χ2v) is 6.93. The summed E-state index contributed by atoms with van der Waals surface area (Å²) in [5.74, 6) is 1.64. The minimum Gasteiger partial charge on any atom is -0.339 e. The average Bonchev–Trinajstić information content (AvgIpc) is 2.97. The van der Waals surface area contributed by atoms with E-state index in [4.69, 9.17) is 4.52 Å². The van der Waals surface area contributed by atoms with E-state index in [0.717, 1.165) is 25.8 Å². The minimum absolute atomic E-state index is 0.145. The molecule has 0 N–H and O–H groups in total. The number of amides is 1. The van der Waals surface area contributed by atoms with Crippen LogP contribution in [0.25, 0.3) is 0 Å². The lowest BCUT2D eigenvalue weighted by Crippen LogP contribution is -2.35. The highest BCUT2D eigenvalue weighted by Crippen LogP contribution is 2.30. The van der Waals surface area contributed by atoms with E-state index in [1.54, 1.807) is 12.4 Å². The van der Waals surface area contributed by atoms with Gasteiger partial charge in [-0.05, 0) is 30.5 Å². The standard InChI is InChI=1S/C19H26N4O2/c1-14(2)19-21-17(25-22-19)7-8-18(24)23-13-5-3-4-6-16(23)15-9-11-20-12-10-15/h9-12,14,16H,3-8,13H2,1-2H3/t16-/m1/s1. The largest absolute Gasteiger partial charge is 0.339 e. The van der Waals surface area contributed by atoms with Crippen molar-refractivity contribution < 1.29 is 9.32 Å². The van der Waals surface area contributed by atoms with Crippen molar-refractivity contribution in [1.29, 1.82) is 0 Å². The van der Waals surface area contributed by atoms with Gasteiger partial charge in [-0.25, -0.2) is 0 Å². The number of likely N-dealkylation sites (tertiary alicyclic amines) is 1. The predicted molar refractivity (Wildman–Crippen MR) is 93.9 cm³/mol. The summed E-state index contributed by atoms with van der Waals surface area (Å²) in [4.78, 5) is 23.4. The van der Waals surface area contributed by atoms with Crippen LogP contribution in [0, 0.1) is 0 Å². The molecule has 134 valence electrons. The molecule has 0 spiro atoms.